The Morgan fingerprint density at radius 1 is 1.38 bits per heavy atom. The predicted octanol–water partition coefficient (Wildman–Crippen LogP) is 0.820. The third kappa shape index (κ3) is 6.29. The number of morpholine rings is 1. The van der Waals surface area contributed by atoms with Gasteiger partial charge in [-0.05, 0) is 5.92 Å². The summed E-state index contributed by atoms with van der Waals surface area (Å²) in [4.78, 5) is 28.4. The van der Waals surface area contributed by atoms with Crippen LogP contribution < -0.4 is 5.32 Å². The highest BCUT2D eigenvalue weighted by molar-refractivity contribution is 5.93. The Bertz CT molecular complexity index is 512. The summed E-state index contributed by atoms with van der Waals surface area (Å²) in [5, 5.41) is 6.27. The fourth-order valence-corrected chi connectivity index (χ4v) is 2.49. The largest absolute Gasteiger partial charge is 0.379 e. The third-order valence-corrected chi connectivity index (χ3v) is 3.77. The van der Waals surface area contributed by atoms with Crippen LogP contribution in [0.1, 0.15) is 20.3 Å². The molecule has 1 aromatic rings. The minimum Gasteiger partial charge on any atom is -0.379 e. The van der Waals surface area contributed by atoms with E-state index in [1.54, 1.807) is 11.0 Å². The van der Waals surface area contributed by atoms with E-state index in [9.17, 15) is 9.59 Å². The van der Waals surface area contributed by atoms with Gasteiger partial charge >= 0.3 is 0 Å². The monoisotopic (exact) mass is 338 g/mol. The number of ether oxygens (including phenoxy) is 1. The number of hydrogen-bond acceptors (Lipinski definition) is 6. The van der Waals surface area contributed by atoms with Crippen molar-refractivity contribution < 1.29 is 18.8 Å². The van der Waals surface area contributed by atoms with Gasteiger partial charge < -0.3 is 19.5 Å². The molecule has 1 saturated heterocycles. The van der Waals surface area contributed by atoms with E-state index >= 15 is 0 Å². The van der Waals surface area contributed by atoms with Crippen LogP contribution in [0.25, 0.3) is 0 Å². The molecule has 0 unspecified atom stereocenters. The third-order valence-electron chi connectivity index (χ3n) is 3.77. The molecule has 2 heterocycles. The van der Waals surface area contributed by atoms with Crippen LogP contribution in [0.3, 0.4) is 0 Å². The standard InChI is InChI=1S/C16H26N4O4/c1-13(2)11-16(22)20(5-4-19-6-9-23-10-7-19)12-15(21)17-14-3-8-24-18-14/h3,8,13H,4-7,9-12H2,1-2H3,(H,17,18,21). The summed E-state index contributed by atoms with van der Waals surface area (Å²) in [6, 6.07) is 1.56. The van der Waals surface area contributed by atoms with Crippen LogP contribution in [0.15, 0.2) is 16.9 Å². The Morgan fingerprint density at radius 3 is 2.75 bits per heavy atom. The maximum atomic E-state index is 12.4. The number of hydrogen-bond donors (Lipinski definition) is 1. The average Bonchev–Trinajstić information content (AvgIpc) is 3.04. The maximum Gasteiger partial charge on any atom is 0.245 e. The van der Waals surface area contributed by atoms with Crippen LogP contribution in [0.5, 0.6) is 0 Å². The molecule has 0 spiro atoms. The van der Waals surface area contributed by atoms with Crippen LogP contribution in [0.4, 0.5) is 5.82 Å². The summed E-state index contributed by atoms with van der Waals surface area (Å²) < 4.78 is 10.0. The minimum absolute atomic E-state index is 0.00596. The molecule has 8 heteroatoms. The van der Waals surface area contributed by atoms with Crippen molar-refractivity contribution in [1.82, 2.24) is 15.0 Å². The van der Waals surface area contributed by atoms with Crippen molar-refractivity contribution in [3.8, 4) is 0 Å². The molecule has 1 aromatic heterocycles. The van der Waals surface area contributed by atoms with Gasteiger partial charge in [-0.3, -0.25) is 14.5 Å². The van der Waals surface area contributed by atoms with Crippen LogP contribution >= 0.6 is 0 Å². The minimum atomic E-state index is -0.275. The normalized spacial score (nSPS) is 15.5. The number of nitrogens with zero attached hydrogens (tertiary/aromatic N) is 3. The van der Waals surface area contributed by atoms with Gasteiger partial charge in [0, 0.05) is 38.7 Å². The van der Waals surface area contributed by atoms with Gasteiger partial charge in [-0.2, -0.15) is 0 Å². The Hall–Kier alpha value is -1.93. The SMILES string of the molecule is CC(C)CC(=O)N(CCN1CCOCC1)CC(=O)Nc1ccon1. The number of nitrogens with one attached hydrogen (secondary N) is 1. The van der Waals surface area contributed by atoms with Crippen molar-refractivity contribution in [2.75, 3.05) is 51.3 Å². The first-order valence-corrected chi connectivity index (χ1v) is 8.32. The number of carbonyl (C=O) groups is 2. The lowest BCUT2D eigenvalue weighted by atomic mass is 10.1. The first-order valence-electron chi connectivity index (χ1n) is 8.32. The van der Waals surface area contributed by atoms with E-state index < -0.39 is 0 Å². The molecular weight excluding hydrogens is 312 g/mol. The maximum absolute atomic E-state index is 12.4. The van der Waals surface area contributed by atoms with Gasteiger partial charge in [0.2, 0.25) is 11.8 Å². The first kappa shape index (κ1) is 18.4. The molecule has 24 heavy (non-hydrogen) atoms. The number of aromatic nitrogens is 1. The summed E-state index contributed by atoms with van der Waals surface area (Å²) >= 11 is 0. The Morgan fingerprint density at radius 2 is 2.12 bits per heavy atom. The van der Waals surface area contributed by atoms with Crippen molar-refractivity contribution in [2.45, 2.75) is 20.3 Å². The van der Waals surface area contributed by atoms with E-state index in [4.69, 9.17) is 4.74 Å². The molecule has 0 bridgehead atoms. The second-order valence-corrected chi connectivity index (χ2v) is 6.30. The predicted molar refractivity (Wildman–Crippen MR) is 88.4 cm³/mol. The molecule has 0 aromatic carbocycles. The van der Waals surface area contributed by atoms with E-state index in [-0.39, 0.29) is 24.3 Å². The molecule has 0 atom stereocenters. The molecule has 2 rings (SSSR count). The number of carbonyl (C=O) groups excluding carboxylic acids is 2. The van der Waals surface area contributed by atoms with Crippen LogP contribution in [-0.4, -0.2) is 72.7 Å². The molecule has 0 aliphatic carbocycles. The van der Waals surface area contributed by atoms with E-state index in [1.807, 2.05) is 13.8 Å². The van der Waals surface area contributed by atoms with Crippen molar-refractivity contribution in [1.29, 1.82) is 0 Å². The quantitative estimate of drug-likeness (QED) is 0.755. The Balaban J connectivity index is 1.88. The molecule has 134 valence electrons. The summed E-state index contributed by atoms with van der Waals surface area (Å²) in [6.45, 7) is 8.42. The van der Waals surface area contributed by atoms with E-state index in [0.29, 0.717) is 32.0 Å². The van der Waals surface area contributed by atoms with Crippen molar-refractivity contribution in [3.05, 3.63) is 12.3 Å². The summed E-state index contributed by atoms with van der Waals surface area (Å²) in [5.41, 5.74) is 0. The highest BCUT2D eigenvalue weighted by Gasteiger charge is 2.20. The van der Waals surface area contributed by atoms with E-state index in [2.05, 4.69) is 19.9 Å². The summed E-state index contributed by atoms with van der Waals surface area (Å²) in [7, 11) is 0. The van der Waals surface area contributed by atoms with Crippen molar-refractivity contribution in [2.24, 2.45) is 5.92 Å². The second-order valence-electron chi connectivity index (χ2n) is 6.30. The van der Waals surface area contributed by atoms with E-state index in [0.717, 1.165) is 19.6 Å². The van der Waals surface area contributed by atoms with Gasteiger partial charge in [0.15, 0.2) is 5.82 Å². The molecule has 1 N–H and O–H groups in total. The molecule has 1 aliphatic heterocycles. The van der Waals surface area contributed by atoms with Crippen molar-refractivity contribution >= 4 is 17.6 Å². The molecule has 0 radical (unpaired) electrons. The fraction of sp³-hybridized carbons (Fsp3) is 0.688. The lowest BCUT2D eigenvalue weighted by Gasteiger charge is -2.30. The van der Waals surface area contributed by atoms with Crippen LogP contribution in [0.2, 0.25) is 0 Å². The van der Waals surface area contributed by atoms with Gasteiger partial charge in [-0.25, -0.2) is 0 Å². The molecule has 2 amide bonds. The average molecular weight is 338 g/mol. The second kappa shape index (κ2) is 9.39. The smallest absolute Gasteiger partial charge is 0.245 e. The molecule has 0 saturated carbocycles. The molecule has 1 fully saturated rings. The molecule has 1 aliphatic rings. The van der Waals surface area contributed by atoms with Gasteiger partial charge in [0.1, 0.15) is 6.26 Å². The lowest BCUT2D eigenvalue weighted by Crippen LogP contribution is -2.45. The highest BCUT2D eigenvalue weighted by atomic mass is 16.5. The zero-order valence-corrected chi connectivity index (χ0v) is 14.4. The van der Waals surface area contributed by atoms with Gasteiger partial charge in [-0.1, -0.05) is 19.0 Å². The summed E-state index contributed by atoms with van der Waals surface area (Å²) in [5.74, 6) is 0.322. The van der Waals surface area contributed by atoms with Gasteiger partial charge in [-0.15, -0.1) is 0 Å². The van der Waals surface area contributed by atoms with E-state index in [1.165, 1.54) is 6.26 Å². The molecule has 8 nitrogen and oxygen atoms in total. The van der Waals surface area contributed by atoms with Crippen LogP contribution in [-0.2, 0) is 14.3 Å². The topological polar surface area (TPSA) is 87.9 Å². The van der Waals surface area contributed by atoms with Gasteiger partial charge in [0.05, 0.1) is 19.8 Å². The number of anilines is 1. The first-order chi connectivity index (χ1) is 11.5. The Labute approximate surface area is 142 Å². The zero-order valence-electron chi connectivity index (χ0n) is 14.4. The van der Waals surface area contributed by atoms with Crippen LogP contribution in [0, 0.1) is 5.92 Å². The fourth-order valence-electron chi connectivity index (χ4n) is 2.49. The van der Waals surface area contributed by atoms with Crippen molar-refractivity contribution in [3.63, 3.8) is 0 Å². The molecular formula is C16H26N4O4. The van der Waals surface area contributed by atoms with Gasteiger partial charge in [0.25, 0.3) is 0 Å². The number of amides is 2. The summed E-state index contributed by atoms with van der Waals surface area (Å²) in [6.07, 6.45) is 1.82. The zero-order chi connectivity index (χ0) is 17.4. The highest BCUT2D eigenvalue weighted by Crippen LogP contribution is 2.07. The lowest BCUT2D eigenvalue weighted by molar-refractivity contribution is -0.135. The Kier molecular flexibility index (Phi) is 7.20. The number of rotatable bonds is 8.